The highest BCUT2D eigenvalue weighted by atomic mass is 79.9. The molecule has 1 aliphatic heterocycles. The van der Waals surface area contributed by atoms with Gasteiger partial charge in [-0.05, 0) is 41.0 Å². The van der Waals surface area contributed by atoms with Gasteiger partial charge in [0.1, 0.15) is 16.5 Å². The molecule has 1 N–H and O–H groups in total. The van der Waals surface area contributed by atoms with Gasteiger partial charge in [0.25, 0.3) is 0 Å². The van der Waals surface area contributed by atoms with Gasteiger partial charge in [-0.3, -0.25) is 0 Å². The Hall–Kier alpha value is -0.410. The van der Waals surface area contributed by atoms with Crippen LogP contribution in [0.5, 0.6) is 5.75 Å². The predicted octanol–water partition coefficient (Wildman–Crippen LogP) is 2.00. The maximum absolute atomic E-state index is 13.7. The van der Waals surface area contributed by atoms with Gasteiger partial charge in [0.2, 0.25) is 10.0 Å². The number of rotatable bonds is 3. The van der Waals surface area contributed by atoms with Crippen molar-refractivity contribution in [3.63, 3.8) is 0 Å². The van der Waals surface area contributed by atoms with Gasteiger partial charge >= 0.3 is 0 Å². The smallest absolute Gasteiger partial charge is 0.246 e. The molecular weight excluding hydrogens is 387 g/mol. The number of halogens is 3. The lowest BCUT2D eigenvalue weighted by molar-refractivity contribution is 0.391. The Labute approximate surface area is 138 Å². The van der Waals surface area contributed by atoms with Crippen LogP contribution < -0.4 is 10.1 Å². The van der Waals surface area contributed by atoms with Crippen LogP contribution in [0.2, 0.25) is 0 Å². The average Bonchev–Trinajstić information content (AvgIpc) is 2.70. The summed E-state index contributed by atoms with van der Waals surface area (Å²) in [6.45, 7) is 2.14. The molecule has 1 saturated heterocycles. The highest BCUT2D eigenvalue weighted by molar-refractivity contribution is 9.10. The number of nitrogens with zero attached hydrogens (tertiary/aromatic N) is 1. The molecule has 0 bridgehead atoms. The van der Waals surface area contributed by atoms with Gasteiger partial charge in [0, 0.05) is 19.6 Å². The van der Waals surface area contributed by atoms with Gasteiger partial charge in [-0.15, -0.1) is 12.4 Å². The van der Waals surface area contributed by atoms with Crippen LogP contribution in [0.3, 0.4) is 0 Å². The molecule has 1 heterocycles. The van der Waals surface area contributed by atoms with Crippen molar-refractivity contribution in [1.29, 1.82) is 0 Å². The van der Waals surface area contributed by atoms with E-state index in [2.05, 4.69) is 21.2 Å². The molecule has 1 aromatic carbocycles. The van der Waals surface area contributed by atoms with Crippen molar-refractivity contribution >= 4 is 38.4 Å². The van der Waals surface area contributed by atoms with Crippen LogP contribution in [0.15, 0.2) is 21.5 Å². The van der Waals surface area contributed by atoms with Crippen molar-refractivity contribution in [3.05, 3.63) is 22.4 Å². The SMILES string of the molecule is COc1cc(Br)c(F)cc1S(=O)(=O)N1CCCNCC1.Cl. The van der Waals surface area contributed by atoms with E-state index in [-0.39, 0.29) is 27.5 Å². The Morgan fingerprint density at radius 3 is 2.71 bits per heavy atom. The van der Waals surface area contributed by atoms with Crippen molar-refractivity contribution in [2.75, 3.05) is 33.3 Å². The minimum absolute atomic E-state index is 0. The predicted molar refractivity (Wildman–Crippen MR) is 84.1 cm³/mol. The Morgan fingerprint density at radius 2 is 2.05 bits per heavy atom. The summed E-state index contributed by atoms with van der Waals surface area (Å²) in [6.07, 6.45) is 0.723. The highest BCUT2D eigenvalue weighted by Gasteiger charge is 2.29. The summed E-state index contributed by atoms with van der Waals surface area (Å²) < 4.78 is 45.5. The van der Waals surface area contributed by atoms with Gasteiger partial charge in [0.15, 0.2) is 0 Å². The zero-order valence-electron chi connectivity index (χ0n) is 11.4. The molecule has 21 heavy (non-hydrogen) atoms. The molecule has 0 atom stereocenters. The molecule has 0 aromatic heterocycles. The summed E-state index contributed by atoms with van der Waals surface area (Å²) >= 11 is 3.02. The first-order valence-electron chi connectivity index (χ1n) is 6.20. The van der Waals surface area contributed by atoms with Crippen molar-refractivity contribution in [3.8, 4) is 5.75 Å². The van der Waals surface area contributed by atoms with Crippen LogP contribution in [0, 0.1) is 5.82 Å². The summed E-state index contributed by atoms with van der Waals surface area (Å²) in [4.78, 5) is -0.136. The van der Waals surface area contributed by atoms with Crippen molar-refractivity contribution in [2.45, 2.75) is 11.3 Å². The molecule has 0 amide bonds. The number of hydrogen-bond donors (Lipinski definition) is 1. The Kier molecular flexibility index (Phi) is 6.86. The number of sulfonamides is 1. The van der Waals surface area contributed by atoms with Gasteiger partial charge in [0.05, 0.1) is 11.6 Å². The van der Waals surface area contributed by atoms with Gasteiger partial charge in [-0.1, -0.05) is 0 Å². The van der Waals surface area contributed by atoms with E-state index >= 15 is 0 Å². The summed E-state index contributed by atoms with van der Waals surface area (Å²) in [5, 5.41) is 3.13. The molecule has 9 heteroatoms. The van der Waals surface area contributed by atoms with E-state index < -0.39 is 15.8 Å². The third-order valence-electron chi connectivity index (χ3n) is 3.12. The first-order valence-corrected chi connectivity index (χ1v) is 8.44. The van der Waals surface area contributed by atoms with Crippen LogP contribution >= 0.6 is 28.3 Å². The summed E-state index contributed by atoms with van der Waals surface area (Å²) in [6, 6.07) is 2.33. The Balaban J connectivity index is 0.00000220. The minimum atomic E-state index is -3.76. The van der Waals surface area contributed by atoms with Crippen LogP contribution in [-0.4, -0.2) is 46.0 Å². The van der Waals surface area contributed by atoms with E-state index in [1.165, 1.54) is 17.5 Å². The lowest BCUT2D eigenvalue weighted by Gasteiger charge is -2.21. The zero-order chi connectivity index (χ0) is 14.8. The monoisotopic (exact) mass is 402 g/mol. The summed E-state index contributed by atoms with van der Waals surface area (Å²) in [5.74, 6) is -0.493. The molecule has 0 aliphatic carbocycles. The number of nitrogens with one attached hydrogen (secondary N) is 1. The fourth-order valence-corrected chi connectivity index (χ4v) is 4.02. The first kappa shape index (κ1) is 18.6. The maximum Gasteiger partial charge on any atom is 0.246 e. The second-order valence-electron chi connectivity index (χ2n) is 4.42. The molecule has 0 unspecified atom stereocenters. The number of methoxy groups -OCH3 is 1. The van der Waals surface area contributed by atoms with Crippen LogP contribution in [0.4, 0.5) is 4.39 Å². The lowest BCUT2D eigenvalue weighted by atomic mass is 10.3. The van der Waals surface area contributed by atoms with E-state index in [4.69, 9.17) is 4.74 Å². The molecule has 0 radical (unpaired) electrons. The quantitative estimate of drug-likeness (QED) is 0.839. The largest absolute Gasteiger partial charge is 0.495 e. The molecule has 120 valence electrons. The van der Waals surface area contributed by atoms with Gasteiger partial charge in [-0.25, -0.2) is 12.8 Å². The van der Waals surface area contributed by atoms with Crippen molar-refractivity contribution in [1.82, 2.24) is 9.62 Å². The zero-order valence-corrected chi connectivity index (χ0v) is 14.7. The molecule has 1 fully saturated rings. The second-order valence-corrected chi connectivity index (χ2v) is 7.19. The molecular formula is C12H17BrClFN2O3S. The first-order chi connectivity index (χ1) is 9.46. The Bertz CT molecular complexity index is 592. The molecule has 0 spiro atoms. The summed E-state index contributed by atoms with van der Waals surface area (Å²) in [7, 11) is -2.40. The lowest BCUT2D eigenvalue weighted by Crippen LogP contribution is -2.34. The highest BCUT2D eigenvalue weighted by Crippen LogP contribution is 2.32. The van der Waals surface area contributed by atoms with E-state index in [1.807, 2.05) is 0 Å². The molecule has 1 aromatic rings. The summed E-state index contributed by atoms with van der Waals surface area (Å²) in [5.41, 5.74) is 0. The molecule has 5 nitrogen and oxygen atoms in total. The van der Waals surface area contributed by atoms with E-state index in [0.29, 0.717) is 19.6 Å². The average molecular weight is 404 g/mol. The number of benzene rings is 1. The van der Waals surface area contributed by atoms with Crippen LogP contribution in [0.1, 0.15) is 6.42 Å². The fourth-order valence-electron chi connectivity index (χ4n) is 2.07. The standard InChI is InChI=1S/C12H16BrFN2O3S.ClH/c1-19-11-7-9(13)10(14)8-12(11)20(17,18)16-5-2-3-15-4-6-16;/h7-8,15H,2-6H2,1H3;1H. The van der Waals surface area contributed by atoms with Gasteiger partial charge < -0.3 is 10.1 Å². The van der Waals surface area contributed by atoms with Crippen LogP contribution in [0.25, 0.3) is 0 Å². The van der Waals surface area contributed by atoms with E-state index in [9.17, 15) is 12.8 Å². The van der Waals surface area contributed by atoms with Crippen molar-refractivity contribution < 1.29 is 17.5 Å². The maximum atomic E-state index is 13.7. The van der Waals surface area contributed by atoms with Crippen LogP contribution in [-0.2, 0) is 10.0 Å². The number of hydrogen-bond acceptors (Lipinski definition) is 4. The van der Waals surface area contributed by atoms with Crippen molar-refractivity contribution in [2.24, 2.45) is 0 Å². The van der Waals surface area contributed by atoms with E-state index in [1.54, 1.807) is 0 Å². The topological polar surface area (TPSA) is 58.6 Å². The molecule has 2 rings (SSSR count). The third kappa shape index (κ3) is 4.07. The molecule has 1 aliphatic rings. The Morgan fingerprint density at radius 1 is 1.33 bits per heavy atom. The van der Waals surface area contributed by atoms with Gasteiger partial charge in [-0.2, -0.15) is 4.31 Å². The normalized spacial score (nSPS) is 16.9. The fraction of sp³-hybridized carbons (Fsp3) is 0.500. The second kappa shape index (κ2) is 7.73. The van der Waals surface area contributed by atoms with E-state index in [0.717, 1.165) is 19.0 Å². The minimum Gasteiger partial charge on any atom is -0.495 e. The number of ether oxygens (including phenoxy) is 1. The molecule has 0 saturated carbocycles. The third-order valence-corrected chi connectivity index (χ3v) is 5.65.